The van der Waals surface area contributed by atoms with Gasteiger partial charge in [0.1, 0.15) is 17.9 Å². The molecule has 9 heteroatoms. The number of benzene rings is 1. The van der Waals surface area contributed by atoms with Gasteiger partial charge in [-0.3, -0.25) is 15.0 Å². The number of esters is 1. The van der Waals surface area contributed by atoms with E-state index in [4.69, 9.17) is 18.9 Å². The Bertz CT molecular complexity index is 733. The largest absolute Gasteiger partial charge is 0.444 e. The van der Waals surface area contributed by atoms with Gasteiger partial charge in [0.2, 0.25) is 0 Å². The summed E-state index contributed by atoms with van der Waals surface area (Å²) >= 11 is 0. The molecule has 1 saturated heterocycles. The second-order valence-electron chi connectivity index (χ2n) is 8.05. The fraction of sp³-hybridized carbons (Fsp3) is 0.571. The number of ether oxygens (including phenoxy) is 4. The lowest BCUT2D eigenvalue weighted by atomic mass is 10.0. The Kier molecular flexibility index (Phi) is 8.05. The normalized spacial score (nSPS) is 18.6. The van der Waals surface area contributed by atoms with E-state index >= 15 is 0 Å². The van der Waals surface area contributed by atoms with Crippen LogP contribution < -0.4 is 5.32 Å². The monoisotopic (exact) mass is 422 g/mol. The molecule has 0 bridgehead atoms. The summed E-state index contributed by atoms with van der Waals surface area (Å²) in [7, 11) is 1.39. The van der Waals surface area contributed by atoms with Crippen molar-refractivity contribution in [1.29, 1.82) is 0 Å². The molecule has 1 aromatic carbocycles. The van der Waals surface area contributed by atoms with Crippen LogP contribution in [0.25, 0.3) is 0 Å². The molecule has 0 unspecified atom stereocenters. The van der Waals surface area contributed by atoms with E-state index in [-0.39, 0.29) is 19.8 Å². The van der Waals surface area contributed by atoms with Crippen molar-refractivity contribution in [1.82, 2.24) is 10.2 Å². The zero-order valence-electron chi connectivity index (χ0n) is 17.9. The molecule has 1 atom stereocenters. The molecule has 2 amide bonds. The average molecular weight is 422 g/mol. The third-order valence-corrected chi connectivity index (χ3v) is 4.42. The quantitative estimate of drug-likeness (QED) is 0.409. The molecule has 1 aliphatic rings. The van der Waals surface area contributed by atoms with Crippen LogP contribution in [0.3, 0.4) is 0 Å². The number of carbonyl (C=O) groups excluding carboxylic acids is 3. The minimum absolute atomic E-state index is 0.0762. The van der Waals surface area contributed by atoms with Gasteiger partial charge in [-0.2, -0.15) is 0 Å². The van der Waals surface area contributed by atoms with Gasteiger partial charge < -0.3 is 18.9 Å². The van der Waals surface area contributed by atoms with E-state index in [1.807, 2.05) is 30.3 Å². The molecule has 9 nitrogen and oxygen atoms in total. The molecule has 1 aliphatic heterocycles. The molecule has 2 rings (SSSR count). The van der Waals surface area contributed by atoms with Crippen LogP contribution in [0.5, 0.6) is 0 Å². The fourth-order valence-electron chi connectivity index (χ4n) is 3.21. The van der Waals surface area contributed by atoms with Crippen molar-refractivity contribution in [3.05, 3.63) is 35.9 Å². The van der Waals surface area contributed by atoms with Crippen LogP contribution >= 0.6 is 0 Å². The fourth-order valence-corrected chi connectivity index (χ4v) is 3.21. The predicted octanol–water partition coefficient (Wildman–Crippen LogP) is 3.18. The molecule has 1 fully saturated rings. The highest BCUT2D eigenvalue weighted by molar-refractivity contribution is 5.77. The van der Waals surface area contributed by atoms with Crippen LogP contribution in [0.4, 0.5) is 9.59 Å². The summed E-state index contributed by atoms with van der Waals surface area (Å²) in [6.07, 6.45) is -0.685. The zero-order valence-corrected chi connectivity index (χ0v) is 17.9. The standard InChI is InChI=1S/C21H30N2O7/c1-20(2,3)30-18(25)22-21(13-17(24)29-15-27-4)11-8-12-23(21)19(26)28-14-16-9-6-5-7-10-16/h5-7,9-10H,8,11-15H2,1-4H3,(H,22,25)/t21-/m1/s1. The molecule has 1 N–H and O–H groups in total. The lowest BCUT2D eigenvalue weighted by Gasteiger charge is -2.38. The van der Waals surface area contributed by atoms with E-state index < -0.39 is 29.4 Å². The Morgan fingerprint density at radius 3 is 2.47 bits per heavy atom. The number of likely N-dealkylation sites (tertiary alicyclic amines) is 1. The first-order chi connectivity index (χ1) is 14.1. The Labute approximate surface area is 176 Å². The van der Waals surface area contributed by atoms with Crippen LogP contribution in [0.1, 0.15) is 45.6 Å². The second-order valence-corrected chi connectivity index (χ2v) is 8.05. The van der Waals surface area contributed by atoms with Crippen LogP contribution in [0.2, 0.25) is 0 Å². The minimum atomic E-state index is -1.30. The van der Waals surface area contributed by atoms with Crippen molar-refractivity contribution >= 4 is 18.2 Å². The van der Waals surface area contributed by atoms with Crippen molar-refractivity contribution in [2.75, 3.05) is 20.4 Å². The molecule has 1 heterocycles. The number of nitrogens with one attached hydrogen (secondary N) is 1. The zero-order chi connectivity index (χ0) is 22.2. The molecule has 1 aromatic rings. The van der Waals surface area contributed by atoms with Crippen molar-refractivity contribution < 1.29 is 33.3 Å². The van der Waals surface area contributed by atoms with Gasteiger partial charge in [0.25, 0.3) is 0 Å². The van der Waals surface area contributed by atoms with Gasteiger partial charge >= 0.3 is 18.2 Å². The van der Waals surface area contributed by atoms with Crippen molar-refractivity contribution in [3.63, 3.8) is 0 Å². The Morgan fingerprint density at radius 2 is 1.83 bits per heavy atom. The molecular formula is C21H30N2O7. The lowest BCUT2D eigenvalue weighted by molar-refractivity contribution is -0.157. The van der Waals surface area contributed by atoms with E-state index in [1.54, 1.807) is 20.8 Å². The van der Waals surface area contributed by atoms with Crippen molar-refractivity contribution in [2.45, 2.75) is 57.9 Å². The SMILES string of the molecule is COCOC(=O)C[C@@]1(NC(=O)OC(C)(C)C)CCCN1C(=O)OCc1ccccc1. The lowest BCUT2D eigenvalue weighted by Crippen LogP contribution is -2.60. The molecule has 166 valence electrons. The van der Waals surface area contributed by atoms with Crippen molar-refractivity contribution in [3.8, 4) is 0 Å². The molecule has 0 aromatic heterocycles. The van der Waals surface area contributed by atoms with E-state index in [0.29, 0.717) is 19.4 Å². The van der Waals surface area contributed by atoms with E-state index in [9.17, 15) is 14.4 Å². The molecule has 0 aliphatic carbocycles. The molecule has 0 radical (unpaired) electrons. The number of nitrogens with zero attached hydrogens (tertiary/aromatic N) is 1. The average Bonchev–Trinajstić information content (AvgIpc) is 3.06. The number of rotatable bonds is 7. The maximum Gasteiger partial charge on any atom is 0.411 e. The highest BCUT2D eigenvalue weighted by Gasteiger charge is 2.48. The molecular weight excluding hydrogens is 392 g/mol. The molecule has 0 saturated carbocycles. The topological polar surface area (TPSA) is 103 Å². The second kappa shape index (κ2) is 10.3. The van der Waals surface area contributed by atoms with Crippen molar-refractivity contribution in [2.24, 2.45) is 0 Å². The maximum atomic E-state index is 12.8. The molecule has 30 heavy (non-hydrogen) atoms. The van der Waals surface area contributed by atoms with E-state index in [1.165, 1.54) is 12.0 Å². The number of hydrogen-bond donors (Lipinski definition) is 1. The van der Waals surface area contributed by atoms with Crippen LogP contribution in [-0.4, -0.2) is 54.8 Å². The van der Waals surface area contributed by atoms with Crippen LogP contribution in [0, 0.1) is 0 Å². The summed E-state index contributed by atoms with van der Waals surface area (Å²) < 4.78 is 20.5. The summed E-state index contributed by atoms with van der Waals surface area (Å²) in [4.78, 5) is 39.0. The van der Waals surface area contributed by atoms with Gasteiger partial charge in [-0.25, -0.2) is 9.59 Å². The highest BCUT2D eigenvalue weighted by atomic mass is 16.7. The summed E-state index contributed by atoms with van der Waals surface area (Å²) in [5, 5.41) is 2.71. The van der Waals surface area contributed by atoms with E-state index in [2.05, 4.69) is 5.32 Å². The summed E-state index contributed by atoms with van der Waals surface area (Å²) in [6, 6.07) is 9.24. The Morgan fingerprint density at radius 1 is 1.13 bits per heavy atom. The van der Waals surface area contributed by atoms with Gasteiger partial charge in [0.05, 0.1) is 6.42 Å². The Hall–Kier alpha value is -2.81. The van der Waals surface area contributed by atoms with Crippen LogP contribution in [0.15, 0.2) is 30.3 Å². The smallest absolute Gasteiger partial charge is 0.411 e. The molecule has 0 spiro atoms. The number of carbonyl (C=O) groups is 3. The predicted molar refractivity (Wildman–Crippen MR) is 107 cm³/mol. The van der Waals surface area contributed by atoms with E-state index in [0.717, 1.165) is 5.56 Å². The van der Waals surface area contributed by atoms with Gasteiger partial charge in [-0.05, 0) is 39.2 Å². The number of methoxy groups -OCH3 is 1. The first-order valence-electron chi connectivity index (χ1n) is 9.79. The summed E-state index contributed by atoms with van der Waals surface area (Å²) in [5.41, 5.74) is -1.21. The third kappa shape index (κ3) is 6.91. The number of alkyl carbamates (subject to hydrolysis) is 1. The van der Waals surface area contributed by atoms with Crippen LogP contribution in [-0.2, 0) is 30.3 Å². The van der Waals surface area contributed by atoms with Gasteiger partial charge in [0, 0.05) is 13.7 Å². The third-order valence-electron chi connectivity index (χ3n) is 4.42. The summed E-state index contributed by atoms with van der Waals surface area (Å²) in [5.74, 6) is -0.615. The van der Waals surface area contributed by atoms with Gasteiger partial charge in [-0.1, -0.05) is 30.3 Å². The highest BCUT2D eigenvalue weighted by Crippen LogP contribution is 2.32. The number of amides is 2. The first kappa shape index (κ1) is 23.5. The first-order valence-corrected chi connectivity index (χ1v) is 9.79. The number of hydrogen-bond acceptors (Lipinski definition) is 7. The summed E-state index contributed by atoms with van der Waals surface area (Å²) in [6.45, 7) is 5.36. The Balaban J connectivity index is 2.15. The minimum Gasteiger partial charge on any atom is -0.444 e. The van der Waals surface area contributed by atoms with Gasteiger partial charge in [-0.15, -0.1) is 0 Å². The maximum absolute atomic E-state index is 12.8. The van der Waals surface area contributed by atoms with Gasteiger partial charge in [0.15, 0.2) is 6.79 Å².